The van der Waals surface area contributed by atoms with E-state index in [1.54, 1.807) is 19.1 Å². The van der Waals surface area contributed by atoms with E-state index in [0.717, 1.165) is 27.9 Å². The third-order valence-corrected chi connectivity index (χ3v) is 6.95. The third kappa shape index (κ3) is 6.60. The molecule has 0 bridgehead atoms. The smallest absolute Gasteiger partial charge is 0.301 e. The number of hydrazone groups is 3. The number of nitrogens with zero attached hydrogens (tertiary/aromatic N) is 4. The summed E-state index contributed by atoms with van der Waals surface area (Å²) >= 11 is 0. The lowest BCUT2D eigenvalue weighted by molar-refractivity contribution is -0.112. The van der Waals surface area contributed by atoms with E-state index in [2.05, 4.69) is 31.5 Å². The number of nitrogens with one attached hydrogen (secondary N) is 4. The molecule has 0 atom stereocenters. The Hall–Kier alpha value is -5.90. The number of hydrogen-bond donors (Lipinski definition) is 4. The Labute approximate surface area is 255 Å². The quantitative estimate of drug-likeness (QED) is 0.130. The molecular formula is C34H32N8O2. The van der Waals surface area contributed by atoms with Crippen molar-refractivity contribution in [1.29, 1.82) is 5.41 Å². The first-order valence-electron chi connectivity index (χ1n) is 14.0. The molecule has 44 heavy (non-hydrogen) atoms. The van der Waals surface area contributed by atoms with E-state index in [0.29, 0.717) is 22.8 Å². The van der Waals surface area contributed by atoms with Crippen LogP contribution in [0.15, 0.2) is 112 Å². The molecule has 10 nitrogen and oxygen atoms in total. The van der Waals surface area contributed by atoms with Crippen molar-refractivity contribution in [3.05, 3.63) is 108 Å². The van der Waals surface area contributed by atoms with E-state index in [9.17, 15) is 9.59 Å². The number of anilines is 4. The van der Waals surface area contributed by atoms with Crippen molar-refractivity contribution in [3.8, 4) is 11.1 Å². The average molecular weight is 585 g/mol. The van der Waals surface area contributed by atoms with Gasteiger partial charge in [0.1, 0.15) is 0 Å². The van der Waals surface area contributed by atoms with Crippen molar-refractivity contribution in [1.82, 2.24) is 0 Å². The normalized spacial score (nSPS) is 14.0. The molecule has 1 aliphatic heterocycles. The zero-order valence-electron chi connectivity index (χ0n) is 24.8. The monoisotopic (exact) mass is 584 g/mol. The van der Waals surface area contributed by atoms with E-state index >= 15 is 0 Å². The SMILES string of the molecule is CC(=N)/C(=N\Nc1ccc(-c2ccc(N/N=C3/C(=O)N(c4ccccc4)N=C3C)c(C)c2)cc1C)C(=O)Nc1ccccc1. The van der Waals surface area contributed by atoms with Crippen LogP contribution < -0.4 is 21.2 Å². The number of rotatable bonds is 9. The molecule has 0 radical (unpaired) electrons. The second kappa shape index (κ2) is 13.0. The standard InChI is InChI=1S/C34H32N8O2/c1-21-19-25(15-17-29(21)37-39-31(23(3)35)33(43)36-27-11-7-5-8-12-27)26-16-18-30(22(2)20-26)38-40-32-24(4)41-42(34(32)44)28-13-9-6-10-14-28/h5-20,35,37-38H,1-4H3,(H,36,43)/b35-23?,39-31+,40-32+. The topological polar surface area (TPSA) is 134 Å². The van der Waals surface area contributed by atoms with Gasteiger partial charge in [0.05, 0.1) is 28.5 Å². The summed E-state index contributed by atoms with van der Waals surface area (Å²) in [6.07, 6.45) is 0. The zero-order chi connectivity index (χ0) is 31.2. The minimum absolute atomic E-state index is 0.00633. The number of amides is 2. The van der Waals surface area contributed by atoms with Crippen LogP contribution in [0.3, 0.4) is 0 Å². The minimum Gasteiger partial charge on any atom is -0.321 e. The van der Waals surface area contributed by atoms with Crippen molar-refractivity contribution in [2.75, 3.05) is 21.2 Å². The number of carbonyl (C=O) groups is 2. The fourth-order valence-electron chi connectivity index (χ4n) is 4.56. The fourth-order valence-corrected chi connectivity index (χ4v) is 4.56. The Kier molecular flexibility index (Phi) is 8.71. The van der Waals surface area contributed by atoms with Crippen molar-refractivity contribution in [2.24, 2.45) is 15.3 Å². The summed E-state index contributed by atoms with van der Waals surface area (Å²) < 4.78 is 0. The lowest BCUT2D eigenvalue weighted by Gasteiger charge is -2.12. The second-order valence-corrected chi connectivity index (χ2v) is 10.3. The summed E-state index contributed by atoms with van der Waals surface area (Å²) in [6.45, 7) is 7.20. The van der Waals surface area contributed by atoms with E-state index in [1.807, 2.05) is 98.8 Å². The van der Waals surface area contributed by atoms with Gasteiger partial charge in [0.25, 0.3) is 5.91 Å². The molecule has 2 amide bonds. The van der Waals surface area contributed by atoms with Crippen LogP contribution in [-0.4, -0.2) is 34.7 Å². The maximum absolute atomic E-state index is 12.9. The lowest BCUT2D eigenvalue weighted by atomic mass is 10.00. The Morgan fingerprint density at radius 3 is 1.93 bits per heavy atom. The van der Waals surface area contributed by atoms with Gasteiger partial charge in [-0.15, -0.1) is 0 Å². The van der Waals surface area contributed by atoms with Gasteiger partial charge in [-0.05, 0) is 98.5 Å². The number of para-hydroxylation sites is 2. The number of carbonyl (C=O) groups excluding carboxylic acids is 2. The fraction of sp³-hybridized carbons (Fsp3) is 0.118. The van der Waals surface area contributed by atoms with Crippen LogP contribution in [0.4, 0.5) is 22.7 Å². The Morgan fingerprint density at radius 2 is 1.36 bits per heavy atom. The molecule has 1 aliphatic rings. The third-order valence-electron chi connectivity index (χ3n) is 6.95. The zero-order valence-corrected chi connectivity index (χ0v) is 24.8. The maximum atomic E-state index is 12.9. The lowest BCUT2D eigenvalue weighted by Crippen LogP contribution is -2.29. The molecule has 0 unspecified atom stereocenters. The van der Waals surface area contributed by atoms with Crippen LogP contribution in [0.25, 0.3) is 11.1 Å². The predicted molar refractivity (Wildman–Crippen MR) is 179 cm³/mol. The summed E-state index contributed by atoms with van der Waals surface area (Å²) in [6, 6.07) is 30.1. The van der Waals surface area contributed by atoms with Gasteiger partial charge in [0.15, 0.2) is 11.4 Å². The van der Waals surface area contributed by atoms with Crippen molar-refractivity contribution < 1.29 is 9.59 Å². The van der Waals surface area contributed by atoms with Crippen LogP contribution in [-0.2, 0) is 9.59 Å². The van der Waals surface area contributed by atoms with Gasteiger partial charge in [-0.3, -0.25) is 20.4 Å². The predicted octanol–water partition coefficient (Wildman–Crippen LogP) is 6.61. The van der Waals surface area contributed by atoms with Gasteiger partial charge in [0, 0.05) is 5.69 Å². The Balaban J connectivity index is 1.27. The summed E-state index contributed by atoms with van der Waals surface area (Å²) in [5, 5.41) is 25.1. The molecule has 0 spiro atoms. The van der Waals surface area contributed by atoms with Gasteiger partial charge in [-0.1, -0.05) is 48.5 Å². The molecule has 0 saturated carbocycles. The Bertz CT molecular complexity index is 1770. The molecule has 4 aromatic rings. The molecule has 5 rings (SSSR count). The largest absolute Gasteiger partial charge is 0.321 e. The van der Waals surface area contributed by atoms with Crippen molar-refractivity contribution in [2.45, 2.75) is 27.7 Å². The minimum atomic E-state index is -0.465. The molecule has 10 heteroatoms. The average Bonchev–Trinajstić information content (AvgIpc) is 3.30. The van der Waals surface area contributed by atoms with Crippen LogP contribution in [0.2, 0.25) is 0 Å². The molecule has 0 fully saturated rings. The molecular weight excluding hydrogens is 552 g/mol. The summed E-state index contributed by atoms with van der Waals surface area (Å²) in [4.78, 5) is 25.7. The molecule has 0 saturated heterocycles. The van der Waals surface area contributed by atoms with Gasteiger partial charge >= 0.3 is 5.91 Å². The molecule has 4 aromatic carbocycles. The highest BCUT2D eigenvalue weighted by atomic mass is 16.2. The first-order valence-corrected chi connectivity index (χ1v) is 14.0. The van der Waals surface area contributed by atoms with Crippen LogP contribution >= 0.6 is 0 Å². The highest BCUT2D eigenvalue weighted by Crippen LogP contribution is 2.28. The molecule has 4 N–H and O–H groups in total. The van der Waals surface area contributed by atoms with Gasteiger partial charge in [-0.25, -0.2) is 0 Å². The van der Waals surface area contributed by atoms with Crippen LogP contribution in [0.5, 0.6) is 0 Å². The van der Waals surface area contributed by atoms with E-state index in [-0.39, 0.29) is 23.0 Å². The van der Waals surface area contributed by atoms with E-state index < -0.39 is 5.91 Å². The number of aryl methyl sites for hydroxylation is 2. The summed E-state index contributed by atoms with van der Waals surface area (Å²) in [5.41, 5.74) is 13.5. The van der Waals surface area contributed by atoms with Gasteiger partial charge in [-0.2, -0.15) is 20.3 Å². The first-order chi connectivity index (χ1) is 21.2. The highest BCUT2D eigenvalue weighted by molar-refractivity contribution is 6.71. The maximum Gasteiger partial charge on any atom is 0.301 e. The van der Waals surface area contributed by atoms with Gasteiger partial charge < -0.3 is 10.7 Å². The Morgan fingerprint density at radius 1 is 0.795 bits per heavy atom. The first kappa shape index (κ1) is 29.6. The van der Waals surface area contributed by atoms with Crippen molar-refractivity contribution in [3.63, 3.8) is 0 Å². The summed E-state index contributed by atoms with van der Waals surface area (Å²) in [7, 11) is 0. The van der Waals surface area contributed by atoms with Gasteiger partial charge in [0.2, 0.25) is 0 Å². The van der Waals surface area contributed by atoms with E-state index in [4.69, 9.17) is 5.41 Å². The number of hydrogen-bond acceptors (Lipinski definition) is 8. The van der Waals surface area contributed by atoms with Crippen molar-refractivity contribution >= 4 is 57.4 Å². The summed E-state index contributed by atoms with van der Waals surface area (Å²) in [5.74, 6) is -0.753. The molecule has 0 aliphatic carbocycles. The molecule has 0 aromatic heterocycles. The van der Waals surface area contributed by atoms with Crippen LogP contribution in [0.1, 0.15) is 25.0 Å². The molecule has 220 valence electrons. The van der Waals surface area contributed by atoms with E-state index in [1.165, 1.54) is 11.9 Å². The van der Waals surface area contributed by atoms with Crippen LogP contribution in [0, 0.1) is 19.3 Å². The highest BCUT2D eigenvalue weighted by Gasteiger charge is 2.30. The molecule has 1 heterocycles. The number of benzene rings is 4. The second-order valence-electron chi connectivity index (χ2n) is 10.3.